The molecule has 1 saturated heterocycles. The molecule has 0 saturated carbocycles. The van der Waals surface area contributed by atoms with Gasteiger partial charge < -0.3 is 15.7 Å². The number of rotatable bonds is 4. The Labute approximate surface area is 96.1 Å². The van der Waals surface area contributed by atoms with E-state index in [4.69, 9.17) is 10.8 Å². The molecule has 88 valence electrons. The predicted molar refractivity (Wildman–Crippen MR) is 64.6 cm³/mol. The van der Waals surface area contributed by atoms with Crippen molar-refractivity contribution in [2.24, 2.45) is 5.73 Å². The quantitative estimate of drug-likeness (QED) is 0.786. The number of anilines is 1. The normalized spacial score (nSPS) is 17.8. The predicted octanol–water partition coefficient (Wildman–Crippen LogP) is 0.716. The maximum absolute atomic E-state index is 9.14. The van der Waals surface area contributed by atoms with E-state index in [-0.39, 0.29) is 12.5 Å². The zero-order valence-electron chi connectivity index (χ0n) is 9.47. The molecule has 4 nitrogen and oxygen atoms in total. The van der Waals surface area contributed by atoms with Gasteiger partial charge in [-0.15, -0.1) is 0 Å². The van der Waals surface area contributed by atoms with Crippen molar-refractivity contribution in [3.05, 3.63) is 23.9 Å². The van der Waals surface area contributed by atoms with Gasteiger partial charge in [0, 0.05) is 31.7 Å². The first-order valence-electron chi connectivity index (χ1n) is 5.87. The Balaban J connectivity index is 2.09. The third-order valence-electron chi connectivity index (χ3n) is 3.18. The van der Waals surface area contributed by atoms with Gasteiger partial charge in [0.15, 0.2) is 0 Å². The number of nitrogens with two attached hydrogens (primary N) is 1. The molecule has 0 spiro atoms. The van der Waals surface area contributed by atoms with E-state index >= 15 is 0 Å². The van der Waals surface area contributed by atoms with E-state index in [0.717, 1.165) is 24.5 Å². The molecule has 1 unspecified atom stereocenters. The summed E-state index contributed by atoms with van der Waals surface area (Å²) in [5, 5.41) is 9.14. The second kappa shape index (κ2) is 5.27. The topological polar surface area (TPSA) is 62.4 Å². The number of hydrogen-bond acceptors (Lipinski definition) is 4. The lowest BCUT2D eigenvalue weighted by atomic mass is 10.0. The van der Waals surface area contributed by atoms with Crippen LogP contribution in [-0.4, -0.2) is 36.3 Å². The average molecular weight is 221 g/mol. The van der Waals surface area contributed by atoms with Crippen molar-refractivity contribution in [3.63, 3.8) is 0 Å². The van der Waals surface area contributed by atoms with Crippen LogP contribution >= 0.6 is 0 Å². The van der Waals surface area contributed by atoms with Crippen molar-refractivity contribution in [1.82, 2.24) is 4.98 Å². The van der Waals surface area contributed by atoms with Crippen molar-refractivity contribution in [1.29, 1.82) is 0 Å². The molecule has 1 aromatic heterocycles. The summed E-state index contributed by atoms with van der Waals surface area (Å²) in [4.78, 5) is 6.73. The summed E-state index contributed by atoms with van der Waals surface area (Å²) >= 11 is 0. The third kappa shape index (κ3) is 2.33. The molecule has 1 fully saturated rings. The van der Waals surface area contributed by atoms with Crippen molar-refractivity contribution >= 4 is 5.82 Å². The minimum atomic E-state index is 0.0140. The molecule has 0 radical (unpaired) electrons. The summed E-state index contributed by atoms with van der Waals surface area (Å²) < 4.78 is 0. The molecule has 2 rings (SSSR count). The lowest BCUT2D eigenvalue weighted by Crippen LogP contribution is -2.20. The van der Waals surface area contributed by atoms with E-state index in [0.29, 0.717) is 6.54 Å². The molecule has 0 aliphatic carbocycles. The highest BCUT2D eigenvalue weighted by molar-refractivity contribution is 5.40. The van der Waals surface area contributed by atoms with Crippen LogP contribution in [-0.2, 0) is 0 Å². The number of aliphatic hydroxyl groups excluding tert-OH is 1. The molecule has 1 aliphatic rings. The lowest BCUT2D eigenvalue weighted by Gasteiger charge is -2.17. The van der Waals surface area contributed by atoms with E-state index in [2.05, 4.69) is 9.88 Å². The van der Waals surface area contributed by atoms with Gasteiger partial charge in [0.2, 0.25) is 0 Å². The van der Waals surface area contributed by atoms with Gasteiger partial charge >= 0.3 is 0 Å². The molecule has 1 aliphatic heterocycles. The minimum Gasteiger partial charge on any atom is -0.396 e. The zero-order chi connectivity index (χ0) is 11.4. The van der Waals surface area contributed by atoms with Gasteiger partial charge in [0.1, 0.15) is 5.82 Å². The highest BCUT2D eigenvalue weighted by atomic mass is 16.3. The maximum Gasteiger partial charge on any atom is 0.128 e. The number of aromatic nitrogens is 1. The molecule has 3 N–H and O–H groups in total. The van der Waals surface area contributed by atoms with Crippen LogP contribution in [0.25, 0.3) is 0 Å². The molecule has 16 heavy (non-hydrogen) atoms. The Morgan fingerprint density at radius 2 is 2.12 bits per heavy atom. The van der Waals surface area contributed by atoms with E-state index in [1.807, 2.05) is 18.3 Å². The van der Waals surface area contributed by atoms with Crippen molar-refractivity contribution in [3.8, 4) is 0 Å². The monoisotopic (exact) mass is 221 g/mol. The van der Waals surface area contributed by atoms with Crippen LogP contribution in [0.1, 0.15) is 24.3 Å². The highest BCUT2D eigenvalue weighted by Gasteiger charge is 2.14. The molecule has 2 heterocycles. The minimum absolute atomic E-state index is 0.0140. The van der Waals surface area contributed by atoms with E-state index in [9.17, 15) is 0 Å². The summed E-state index contributed by atoms with van der Waals surface area (Å²) in [6.45, 7) is 2.75. The molecule has 1 atom stereocenters. The zero-order valence-corrected chi connectivity index (χ0v) is 9.47. The summed E-state index contributed by atoms with van der Waals surface area (Å²) in [6, 6.07) is 4.05. The van der Waals surface area contributed by atoms with Gasteiger partial charge in [-0.3, -0.25) is 0 Å². The SMILES string of the molecule is NCC(CO)c1ccc(N2CCCC2)nc1. The third-order valence-corrected chi connectivity index (χ3v) is 3.18. The van der Waals surface area contributed by atoms with Gasteiger partial charge in [-0.1, -0.05) is 6.07 Å². The van der Waals surface area contributed by atoms with Gasteiger partial charge in [-0.2, -0.15) is 0 Å². The standard InChI is InChI=1S/C12H19N3O/c13-7-11(9-16)10-3-4-12(14-8-10)15-5-1-2-6-15/h3-4,8,11,16H,1-2,5-7,9,13H2. The number of pyridine rings is 1. The average Bonchev–Trinajstić information content (AvgIpc) is 2.85. The van der Waals surface area contributed by atoms with E-state index in [1.54, 1.807) is 0 Å². The van der Waals surface area contributed by atoms with Gasteiger partial charge in [-0.25, -0.2) is 4.98 Å². The summed E-state index contributed by atoms with van der Waals surface area (Å²) in [7, 11) is 0. The number of hydrogen-bond donors (Lipinski definition) is 2. The Morgan fingerprint density at radius 1 is 1.38 bits per heavy atom. The van der Waals surface area contributed by atoms with Crippen LogP contribution in [0, 0.1) is 0 Å². The summed E-state index contributed by atoms with van der Waals surface area (Å²) in [6.07, 6.45) is 4.35. The van der Waals surface area contributed by atoms with Crippen molar-refractivity contribution in [2.75, 3.05) is 31.1 Å². The fourth-order valence-corrected chi connectivity index (χ4v) is 2.09. The Bertz CT molecular complexity index is 295. The number of nitrogens with zero attached hydrogens (tertiary/aromatic N) is 2. The molecule has 0 aromatic carbocycles. The van der Waals surface area contributed by atoms with E-state index in [1.165, 1.54) is 12.8 Å². The van der Waals surface area contributed by atoms with E-state index < -0.39 is 0 Å². The van der Waals surface area contributed by atoms with Gasteiger partial charge in [0.25, 0.3) is 0 Å². The fraction of sp³-hybridized carbons (Fsp3) is 0.583. The van der Waals surface area contributed by atoms with Crippen LogP contribution in [0.4, 0.5) is 5.82 Å². The summed E-state index contributed by atoms with van der Waals surface area (Å²) in [5.74, 6) is 1.05. The van der Waals surface area contributed by atoms with Crippen molar-refractivity contribution in [2.45, 2.75) is 18.8 Å². The Morgan fingerprint density at radius 3 is 2.62 bits per heavy atom. The molecule has 0 amide bonds. The van der Waals surface area contributed by atoms with Crippen LogP contribution in [0.3, 0.4) is 0 Å². The first-order valence-corrected chi connectivity index (χ1v) is 5.87. The van der Waals surface area contributed by atoms with Gasteiger partial charge in [-0.05, 0) is 24.5 Å². The lowest BCUT2D eigenvalue weighted by molar-refractivity contribution is 0.267. The molecular formula is C12H19N3O. The molecular weight excluding hydrogens is 202 g/mol. The Hall–Kier alpha value is -1.13. The highest BCUT2D eigenvalue weighted by Crippen LogP contribution is 2.20. The first-order chi connectivity index (χ1) is 7.85. The van der Waals surface area contributed by atoms with Crippen molar-refractivity contribution < 1.29 is 5.11 Å². The molecule has 1 aromatic rings. The van der Waals surface area contributed by atoms with Crippen LogP contribution in [0.5, 0.6) is 0 Å². The van der Waals surface area contributed by atoms with Crippen LogP contribution in [0.15, 0.2) is 18.3 Å². The van der Waals surface area contributed by atoms with Crippen LogP contribution in [0.2, 0.25) is 0 Å². The fourth-order valence-electron chi connectivity index (χ4n) is 2.09. The number of aliphatic hydroxyl groups is 1. The smallest absolute Gasteiger partial charge is 0.128 e. The molecule has 0 bridgehead atoms. The second-order valence-corrected chi connectivity index (χ2v) is 4.26. The Kier molecular flexibility index (Phi) is 3.74. The second-order valence-electron chi connectivity index (χ2n) is 4.26. The molecule has 4 heteroatoms. The summed E-state index contributed by atoms with van der Waals surface area (Å²) in [5.41, 5.74) is 6.60. The van der Waals surface area contributed by atoms with Gasteiger partial charge in [0.05, 0.1) is 6.61 Å². The van der Waals surface area contributed by atoms with Crippen LogP contribution < -0.4 is 10.6 Å². The largest absolute Gasteiger partial charge is 0.396 e. The maximum atomic E-state index is 9.14. The first kappa shape index (κ1) is 11.4.